The number of aryl methyl sites for hydroxylation is 1. The third kappa shape index (κ3) is 4.04. The summed E-state index contributed by atoms with van der Waals surface area (Å²) in [5, 5.41) is 4.30. The van der Waals surface area contributed by atoms with Crippen molar-refractivity contribution in [1.29, 1.82) is 0 Å². The fourth-order valence-electron chi connectivity index (χ4n) is 4.19. The van der Waals surface area contributed by atoms with Crippen molar-refractivity contribution in [2.24, 2.45) is 12.5 Å². The number of ether oxygens (including phenoxy) is 1. The van der Waals surface area contributed by atoms with Crippen LogP contribution in [-0.2, 0) is 34.9 Å². The number of sulfonamides is 1. The van der Waals surface area contributed by atoms with Crippen LogP contribution >= 0.6 is 0 Å². The molecule has 0 spiro atoms. The summed E-state index contributed by atoms with van der Waals surface area (Å²) in [6.45, 7) is 5.30. The van der Waals surface area contributed by atoms with Gasteiger partial charge in [-0.05, 0) is 38.0 Å². The van der Waals surface area contributed by atoms with Gasteiger partial charge in [-0.25, -0.2) is 17.9 Å². The second kappa shape index (κ2) is 7.37. The summed E-state index contributed by atoms with van der Waals surface area (Å²) < 4.78 is 38.2. The van der Waals surface area contributed by atoms with Crippen LogP contribution < -0.4 is 16.0 Å². The summed E-state index contributed by atoms with van der Waals surface area (Å²) in [7, 11) is -2.05. The van der Waals surface area contributed by atoms with Crippen molar-refractivity contribution in [2.45, 2.75) is 50.2 Å². The Balaban J connectivity index is 1.68. The van der Waals surface area contributed by atoms with E-state index in [1.807, 2.05) is 13.8 Å². The van der Waals surface area contributed by atoms with Gasteiger partial charge in [-0.2, -0.15) is 5.10 Å². The van der Waals surface area contributed by atoms with E-state index >= 15 is 0 Å². The van der Waals surface area contributed by atoms with Crippen LogP contribution in [0.4, 0.5) is 0 Å². The Hall–Kier alpha value is -2.76. The molecule has 11 heteroatoms. The van der Waals surface area contributed by atoms with Gasteiger partial charge in [-0.3, -0.25) is 18.6 Å². The normalized spacial score (nSPS) is 18.9. The molecule has 1 saturated carbocycles. The highest BCUT2D eigenvalue weighted by atomic mass is 32.2. The molecule has 0 unspecified atom stereocenters. The van der Waals surface area contributed by atoms with Gasteiger partial charge in [0.1, 0.15) is 0 Å². The van der Waals surface area contributed by atoms with Crippen molar-refractivity contribution in [3.63, 3.8) is 0 Å². The van der Waals surface area contributed by atoms with E-state index in [-0.39, 0.29) is 22.2 Å². The Bertz CT molecular complexity index is 1480. The highest BCUT2D eigenvalue weighted by Gasteiger charge is 2.41. The second-order valence-corrected chi connectivity index (χ2v) is 11.6. The Kier molecular flexibility index (Phi) is 4.93. The number of hydrogen-bond donors (Lipinski definition) is 1. The zero-order valence-electron chi connectivity index (χ0n) is 18.9. The average molecular weight is 474 g/mol. The van der Waals surface area contributed by atoms with Crippen molar-refractivity contribution >= 4 is 20.9 Å². The van der Waals surface area contributed by atoms with Crippen molar-refractivity contribution in [3.8, 4) is 0 Å². The van der Waals surface area contributed by atoms with Crippen LogP contribution in [-0.4, -0.2) is 46.1 Å². The molecule has 176 valence electrons. The van der Waals surface area contributed by atoms with E-state index in [9.17, 15) is 18.0 Å². The first kappa shape index (κ1) is 22.1. The average Bonchev–Trinajstić information content (AvgIpc) is 3.30. The molecule has 1 aliphatic carbocycles. The molecular weight excluding hydrogens is 446 g/mol. The second-order valence-electron chi connectivity index (χ2n) is 9.93. The lowest BCUT2D eigenvalue weighted by atomic mass is 9.88. The number of hydrogen-bond acceptors (Lipinski definition) is 6. The highest BCUT2D eigenvalue weighted by molar-refractivity contribution is 7.89. The van der Waals surface area contributed by atoms with Crippen LogP contribution in [0.2, 0.25) is 0 Å². The number of rotatable bonds is 7. The SMILES string of the molecule is Cn1cc(Cn2c(=O)c3cc(S(=O)(=O)NC4(C)CC4)ccc3n(CC3(C)COC3)c2=O)cn1. The lowest BCUT2D eigenvalue weighted by Gasteiger charge is -2.38. The summed E-state index contributed by atoms with van der Waals surface area (Å²) in [5.74, 6) is 0. The monoisotopic (exact) mass is 473 g/mol. The van der Waals surface area contributed by atoms with Crippen LogP contribution in [0.3, 0.4) is 0 Å². The molecule has 33 heavy (non-hydrogen) atoms. The van der Waals surface area contributed by atoms with Gasteiger partial charge in [0.15, 0.2) is 0 Å². The maximum atomic E-state index is 13.4. The highest BCUT2D eigenvalue weighted by Crippen LogP contribution is 2.36. The first-order valence-electron chi connectivity index (χ1n) is 10.9. The fraction of sp³-hybridized carbons (Fsp3) is 0.500. The van der Waals surface area contributed by atoms with E-state index in [4.69, 9.17) is 4.74 Å². The Morgan fingerprint density at radius 2 is 1.88 bits per heavy atom. The largest absolute Gasteiger partial charge is 0.380 e. The van der Waals surface area contributed by atoms with Crippen molar-refractivity contribution in [3.05, 3.63) is 57.0 Å². The number of fused-ring (bicyclic) bond motifs is 1. The Morgan fingerprint density at radius 3 is 2.45 bits per heavy atom. The van der Waals surface area contributed by atoms with Gasteiger partial charge in [0.2, 0.25) is 10.0 Å². The van der Waals surface area contributed by atoms with Gasteiger partial charge in [-0.15, -0.1) is 0 Å². The number of nitrogens with one attached hydrogen (secondary N) is 1. The molecule has 0 radical (unpaired) electrons. The molecule has 2 aromatic heterocycles. The maximum absolute atomic E-state index is 13.4. The molecule has 3 aromatic rings. The van der Waals surface area contributed by atoms with E-state index in [2.05, 4.69) is 9.82 Å². The molecular formula is C22H27N5O5S. The van der Waals surface area contributed by atoms with Crippen molar-refractivity contribution < 1.29 is 13.2 Å². The molecule has 1 saturated heterocycles. The summed E-state index contributed by atoms with van der Waals surface area (Å²) in [6.07, 6.45) is 4.89. The molecule has 1 aliphatic heterocycles. The summed E-state index contributed by atoms with van der Waals surface area (Å²) in [6, 6.07) is 4.39. The molecule has 0 atom stereocenters. The van der Waals surface area contributed by atoms with E-state index in [0.717, 1.165) is 17.4 Å². The van der Waals surface area contributed by atoms with Crippen LogP contribution in [0, 0.1) is 5.41 Å². The fourth-order valence-corrected chi connectivity index (χ4v) is 5.69. The van der Waals surface area contributed by atoms with Crippen molar-refractivity contribution in [1.82, 2.24) is 23.6 Å². The molecule has 2 aliphatic rings. The topological polar surface area (TPSA) is 117 Å². The molecule has 1 N–H and O–H groups in total. The smallest absolute Gasteiger partial charge is 0.331 e. The standard InChI is InChI=1S/C22H27N5O5S/c1-21(13-32-14-21)12-27-18-5-4-16(33(30,31)24-22(2)6-7-22)8-17(18)19(28)26(20(27)29)11-15-9-23-25(3)10-15/h4-5,8-10,24H,6-7,11-14H2,1-3H3. The number of benzene rings is 1. The van der Waals surface area contributed by atoms with E-state index in [0.29, 0.717) is 30.8 Å². The van der Waals surface area contributed by atoms with Gasteiger partial charge in [0, 0.05) is 36.3 Å². The van der Waals surface area contributed by atoms with Crippen LogP contribution in [0.1, 0.15) is 32.3 Å². The van der Waals surface area contributed by atoms with E-state index < -0.39 is 26.8 Å². The number of aromatic nitrogens is 4. The summed E-state index contributed by atoms with van der Waals surface area (Å²) >= 11 is 0. The molecule has 5 rings (SSSR count). The van der Waals surface area contributed by atoms with Gasteiger partial charge >= 0.3 is 5.69 Å². The predicted octanol–water partition coefficient (Wildman–Crippen LogP) is 0.812. The Labute approximate surface area is 190 Å². The third-order valence-electron chi connectivity index (χ3n) is 6.43. The molecule has 0 amide bonds. The Morgan fingerprint density at radius 1 is 1.15 bits per heavy atom. The van der Waals surface area contributed by atoms with Crippen molar-refractivity contribution in [2.75, 3.05) is 13.2 Å². The minimum absolute atomic E-state index is 0.0107. The van der Waals surface area contributed by atoms with E-state index in [1.54, 1.807) is 34.8 Å². The minimum Gasteiger partial charge on any atom is -0.380 e. The van der Waals surface area contributed by atoms with Gasteiger partial charge in [-0.1, -0.05) is 6.92 Å². The van der Waals surface area contributed by atoms with E-state index in [1.165, 1.54) is 12.1 Å². The first-order chi connectivity index (χ1) is 15.5. The van der Waals surface area contributed by atoms with Crippen LogP contribution in [0.5, 0.6) is 0 Å². The molecule has 1 aromatic carbocycles. The zero-order valence-corrected chi connectivity index (χ0v) is 19.7. The van der Waals surface area contributed by atoms with Crippen LogP contribution in [0.25, 0.3) is 10.9 Å². The minimum atomic E-state index is -3.80. The van der Waals surface area contributed by atoms with Crippen LogP contribution in [0.15, 0.2) is 45.1 Å². The summed E-state index contributed by atoms with van der Waals surface area (Å²) in [4.78, 5) is 26.9. The predicted molar refractivity (Wildman–Crippen MR) is 122 cm³/mol. The lowest BCUT2D eigenvalue weighted by molar-refractivity contribution is -0.110. The first-order valence-corrected chi connectivity index (χ1v) is 12.3. The maximum Gasteiger partial charge on any atom is 0.331 e. The molecule has 3 heterocycles. The van der Waals surface area contributed by atoms with Gasteiger partial charge < -0.3 is 4.74 Å². The third-order valence-corrected chi connectivity index (χ3v) is 8.06. The lowest BCUT2D eigenvalue weighted by Crippen LogP contribution is -2.48. The quantitative estimate of drug-likeness (QED) is 0.543. The molecule has 0 bridgehead atoms. The van der Waals surface area contributed by atoms with Gasteiger partial charge in [0.05, 0.1) is 41.8 Å². The molecule has 10 nitrogen and oxygen atoms in total. The summed E-state index contributed by atoms with van der Waals surface area (Å²) in [5.41, 5.74) is -0.528. The van der Waals surface area contributed by atoms with Gasteiger partial charge in [0.25, 0.3) is 5.56 Å². The number of nitrogens with zero attached hydrogens (tertiary/aromatic N) is 4. The zero-order chi connectivity index (χ0) is 23.6. The molecule has 2 fully saturated rings.